The summed E-state index contributed by atoms with van der Waals surface area (Å²) < 4.78 is 0. The van der Waals surface area contributed by atoms with E-state index in [4.69, 9.17) is 12.2 Å². The summed E-state index contributed by atoms with van der Waals surface area (Å²) in [5, 5.41) is 3.51. The van der Waals surface area contributed by atoms with Gasteiger partial charge in [-0.1, -0.05) is 25.1 Å². The molecule has 78 valence electrons. The number of hydrogen-bond acceptors (Lipinski definition) is 2. The zero-order chi connectivity index (χ0) is 10.8. The molecule has 0 bridgehead atoms. The number of rotatable bonds is 2. The summed E-state index contributed by atoms with van der Waals surface area (Å²) in [6, 6.07) is 9.29. The number of carbonyl (C=O) groups is 1. The summed E-state index contributed by atoms with van der Waals surface area (Å²) >= 11 is 5.14. The van der Waals surface area contributed by atoms with E-state index in [0.717, 1.165) is 12.1 Å². The molecule has 1 fully saturated rings. The highest BCUT2D eigenvalue weighted by Crippen LogP contribution is 2.19. The van der Waals surface area contributed by atoms with Crippen molar-refractivity contribution in [2.24, 2.45) is 0 Å². The van der Waals surface area contributed by atoms with Crippen LogP contribution >= 0.6 is 12.2 Å². The lowest BCUT2D eigenvalue weighted by molar-refractivity contribution is -0.118. The predicted molar refractivity (Wildman–Crippen MR) is 63.7 cm³/mol. The third kappa shape index (κ3) is 1.72. The lowest BCUT2D eigenvalue weighted by Gasteiger charge is -2.14. The fraction of sp³-hybridized carbons (Fsp3) is 0.273. The third-order valence-corrected chi connectivity index (χ3v) is 2.74. The monoisotopic (exact) mass is 220 g/mol. The van der Waals surface area contributed by atoms with Gasteiger partial charge in [0.05, 0.1) is 5.69 Å². The van der Waals surface area contributed by atoms with Crippen LogP contribution < -0.4 is 10.2 Å². The van der Waals surface area contributed by atoms with Crippen molar-refractivity contribution in [2.75, 3.05) is 4.90 Å². The Labute approximate surface area is 94.1 Å². The Morgan fingerprint density at radius 1 is 1.40 bits per heavy atom. The van der Waals surface area contributed by atoms with E-state index in [1.807, 2.05) is 37.3 Å². The standard InChI is InChI=1S/C11H12N2OS/c1-2-9-10(14)13(11(15)12-9)8-6-4-3-5-7-8/h3-7,9H,2H2,1H3,(H,12,15)/t9-/m1/s1. The molecule has 1 aliphatic heterocycles. The molecule has 0 radical (unpaired) electrons. The van der Waals surface area contributed by atoms with E-state index in [0.29, 0.717) is 5.11 Å². The average molecular weight is 220 g/mol. The van der Waals surface area contributed by atoms with Gasteiger partial charge in [-0.25, -0.2) is 0 Å². The maximum absolute atomic E-state index is 11.9. The molecule has 1 aromatic rings. The van der Waals surface area contributed by atoms with Gasteiger partial charge in [-0.3, -0.25) is 9.69 Å². The molecule has 0 aromatic heterocycles. The molecular weight excluding hydrogens is 208 g/mol. The van der Waals surface area contributed by atoms with Crippen molar-refractivity contribution in [2.45, 2.75) is 19.4 Å². The molecule has 2 rings (SSSR count). The fourth-order valence-electron chi connectivity index (χ4n) is 1.63. The Hall–Kier alpha value is -1.42. The minimum absolute atomic E-state index is 0.0358. The van der Waals surface area contributed by atoms with Crippen LogP contribution in [0.15, 0.2) is 30.3 Å². The Morgan fingerprint density at radius 2 is 2.07 bits per heavy atom. The SMILES string of the molecule is CC[C@H]1NC(=S)N(c2ccccc2)C1=O. The molecular formula is C11H12N2OS. The average Bonchev–Trinajstić information content (AvgIpc) is 2.55. The largest absolute Gasteiger partial charge is 0.350 e. The normalized spacial score (nSPS) is 20.6. The number of carbonyl (C=O) groups excluding carboxylic acids is 1. The first-order valence-corrected chi connectivity index (χ1v) is 5.34. The van der Waals surface area contributed by atoms with Crippen molar-refractivity contribution >= 4 is 28.9 Å². The summed E-state index contributed by atoms with van der Waals surface area (Å²) in [6.45, 7) is 1.96. The molecule has 1 saturated heterocycles. The van der Waals surface area contributed by atoms with Crippen molar-refractivity contribution in [1.82, 2.24) is 5.32 Å². The number of para-hydroxylation sites is 1. The molecule has 1 aromatic carbocycles. The molecule has 1 atom stereocenters. The Kier molecular flexibility index (Phi) is 2.68. The van der Waals surface area contributed by atoms with E-state index < -0.39 is 0 Å². The van der Waals surface area contributed by atoms with Gasteiger partial charge in [-0.15, -0.1) is 0 Å². The van der Waals surface area contributed by atoms with Gasteiger partial charge in [0.15, 0.2) is 5.11 Å². The Balaban J connectivity index is 2.31. The Morgan fingerprint density at radius 3 is 2.60 bits per heavy atom. The van der Waals surface area contributed by atoms with Gasteiger partial charge < -0.3 is 5.32 Å². The first kappa shape index (κ1) is 10.1. The molecule has 0 aliphatic carbocycles. The fourth-order valence-corrected chi connectivity index (χ4v) is 1.97. The van der Waals surface area contributed by atoms with Crippen LogP contribution in [0, 0.1) is 0 Å². The van der Waals surface area contributed by atoms with E-state index in [2.05, 4.69) is 5.32 Å². The van der Waals surface area contributed by atoms with Crippen molar-refractivity contribution in [1.29, 1.82) is 0 Å². The second-order valence-electron chi connectivity index (χ2n) is 3.42. The van der Waals surface area contributed by atoms with Crippen molar-refractivity contribution in [3.8, 4) is 0 Å². The minimum Gasteiger partial charge on any atom is -0.350 e. The quantitative estimate of drug-likeness (QED) is 0.770. The summed E-state index contributed by atoms with van der Waals surface area (Å²) in [6.07, 6.45) is 0.752. The van der Waals surface area contributed by atoms with Crippen molar-refractivity contribution < 1.29 is 4.79 Å². The van der Waals surface area contributed by atoms with Crippen LogP contribution in [0.3, 0.4) is 0 Å². The zero-order valence-electron chi connectivity index (χ0n) is 8.43. The van der Waals surface area contributed by atoms with Crippen LogP contribution in [0.2, 0.25) is 0 Å². The second kappa shape index (κ2) is 3.98. The van der Waals surface area contributed by atoms with Gasteiger partial charge in [0.1, 0.15) is 6.04 Å². The van der Waals surface area contributed by atoms with E-state index >= 15 is 0 Å². The van der Waals surface area contributed by atoms with E-state index in [-0.39, 0.29) is 11.9 Å². The summed E-state index contributed by atoms with van der Waals surface area (Å²) in [7, 11) is 0. The molecule has 4 heteroatoms. The van der Waals surface area contributed by atoms with Gasteiger partial charge in [0.2, 0.25) is 0 Å². The third-order valence-electron chi connectivity index (χ3n) is 2.44. The van der Waals surface area contributed by atoms with Crippen LogP contribution in [-0.2, 0) is 4.79 Å². The molecule has 3 nitrogen and oxygen atoms in total. The molecule has 0 saturated carbocycles. The van der Waals surface area contributed by atoms with E-state index in [9.17, 15) is 4.79 Å². The topological polar surface area (TPSA) is 32.3 Å². The van der Waals surface area contributed by atoms with Gasteiger partial charge >= 0.3 is 0 Å². The predicted octanol–water partition coefficient (Wildman–Crippen LogP) is 1.69. The number of benzene rings is 1. The van der Waals surface area contributed by atoms with E-state index in [1.54, 1.807) is 4.90 Å². The van der Waals surface area contributed by atoms with Crippen LogP contribution in [0.4, 0.5) is 5.69 Å². The number of hydrogen-bond donors (Lipinski definition) is 1. The lowest BCUT2D eigenvalue weighted by atomic mass is 10.2. The highest BCUT2D eigenvalue weighted by atomic mass is 32.1. The van der Waals surface area contributed by atoms with Gasteiger partial charge in [0.25, 0.3) is 5.91 Å². The molecule has 0 unspecified atom stereocenters. The van der Waals surface area contributed by atoms with Crippen LogP contribution in [0.1, 0.15) is 13.3 Å². The molecule has 1 N–H and O–H groups in total. The van der Waals surface area contributed by atoms with Crippen LogP contribution in [-0.4, -0.2) is 17.1 Å². The molecule has 1 amide bonds. The summed E-state index contributed by atoms with van der Waals surface area (Å²) in [5.41, 5.74) is 0.830. The number of anilines is 1. The summed E-state index contributed by atoms with van der Waals surface area (Å²) in [4.78, 5) is 13.5. The maximum atomic E-state index is 11.9. The number of nitrogens with one attached hydrogen (secondary N) is 1. The number of amides is 1. The first-order chi connectivity index (χ1) is 7.24. The number of thiocarbonyl (C=S) groups is 1. The van der Waals surface area contributed by atoms with Gasteiger partial charge in [0, 0.05) is 0 Å². The minimum atomic E-state index is -0.169. The smallest absolute Gasteiger partial charge is 0.255 e. The molecule has 15 heavy (non-hydrogen) atoms. The maximum Gasteiger partial charge on any atom is 0.255 e. The highest BCUT2D eigenvalue weighted by Gasteiger charge is 2.34. The Bertz CT molecular complexity index is 391. The number of nitrogens with zero attached hydrogens (tertiary/aromatic N) is 1. The first-order valence-electron chi connectivity index (χ1n) is 4.93. The van der Waals surface area contributed by atoms with Gasteiger partial charge in [-0.05, 0) is 30.8 Å². The van der Waals surface area contributed by atoms with E-state index in [1.165, 1.54) is 0 Å². The molecule has 0 spiro atoms. The zero-order valence-corrected chi connectivity index (χ0v) is 9.25. The summed E-state index contributed by atoms with van der Waals surface area (Å²) in [5.74, 6) is 0.0358. The molecule has 1 heterocycles. The van der Waals surface area contributed by atoms with Crippen LogP contribution in [0.5, 0.6) is 0 Å². The van der Waals surface area contributed by atoms with Crippen LogP contribution in [0.25, 0.3) is 0 Å². The lowest BCUT2D eigenvalue weighted by Crippen LogP contribution is -2.30. The van der Waals surface area contributed by atoms with Gasteiger partial charge in [-0.2, -0.15) is 0 Å². The highest BCUT2D eigenvalue weighted by molar-refractivity contribution is 7.80. The van der Waals surface area contributed by atoms with Crippen molar-refractivity contribution in [3.05, 3.63) is 30.3 Å². The van der Waals surface area contributed by atoms with Crippen molar-refractivity contribution in [3.63, 3.8) is 0 Å². The second-order valence-corrected chi connectivity index (χ2v) is 3.81. The molecule has 1 aliphatic rings.